The lowest BCUT2D eigenvalue weighted by Gasteiger charge is -2.02. The summed E-state index contributed by atoms with van der Waals surface area (Å²) in [6.45, 7) is 4.37. The van der Waals surface area contributed by atoms with Crippen LogP contribution in [0.1, 0.15) is 35.9 Å². The maximum atomic E-state index is 5.26. The Bertz CT molecular complexity index is 277. The molecule has 0 aromatic carbocycles. The molecular weight excluding hydrogens is 164 g/mol. The SMILES string of the molecule is C#CCC(C)c1ccc(CC)s1. The highest BCUT2D eigenvalue weighted by Gasteiger charge is 2.05. The molecule has 1 aromatic heterocycles. The fourth-order valence-electron chi connectivity index (χ4n) is 1.13. The van der Waals surface area contributed by atoms with Gasteiger partial charge in [-0.1, -0.05) is 13.8 Å². The summed E-state index contributed by atoms with van der Waals surface area (Å²) >= 11 is 1.89. The Morgan fingerprint density at radius 3 is 2.83 bits per heavy atom. The lowest BCUT2D eigenvalue weighted by molar-refractivity contribution is 0.815. The number of thiophene rings is 1. The summed E-state index contributed by atoms with van der Waals surface area (Å²) in [7, 11) is 0. The van der Waals surface area contributed by atoms with Crippen molar-refractivity contribution in [3.63, 3.8) is 0 Å². The molecule has 0 aliphatic rings. The fraction of sp³-hybridized carbons (Fsp3) is 0.455. The van der Waals surface area contributed by atoms with E-state index in [1.165, 1.54) is 9.75 Å². The molecule has 64 valence electrons. The standard InChI is InChI=1S/C11H14S/c1-4-6-9(3)11-8-7-10(5-2)12-11/h1,7-9H,5-6H2,2-3H3. The fourth-order valence-corrected chi connectivity index (χ4v) is 2.13. The van der Waals surface area contributed by atoms with Crippen LogP contribution in [-0.4, -0.2) is 0 Å². The molecule has 1 rings (SSSR count). The van der Waals surface area contributed by atoms with Crippen LogP contribution in [0.25, 0.3) is 0 Å². The molecule has 1 heterocycles. The van der Waals surface area contributed by atoms with E-state index in [4.69, 9.17) is 6.42 Å². The van der Waals surface area contributed by atoms with Gasteiger partial charge in [0.25, 0.3) is 0 Å². The molecule has 1 heteroatoms. The minimum absolute atomic E-state index is 0.528. The second-order valence-corrected chi connectivity index (χ2v) is 4.17. The van der Waals surface area contributed by atoms with Gasteiger partial charge in [-0.15, -0.1) is 23.7 Å². The molecule has 1 atom stereocenters. The summed E-state index contributed by atoms with van der Waals surface area (Å²) in [5.74, 6) is 3.23. The smallest absolute Gasteiger partial charge is 0.0160 e. The molecule has 0 aliphatic carbocycles. The van der Waals surface area contributed by atoms with Crippen molar-refractivity contribution in [2.24, 2.45) is 0 Å². The van der Waals surface area contributed by atoms with Gasteiger partial charge in [0.05, 0.1) is 0 Å². The van der Waals surface area contributed by atoms with Crippen molar-refractivity contribution in [3.05, 3.63) is 21.9 Å². The van der Waals surface area contributed by atoms with Crippen LogP contribution in [0.15, 0.2) is 12.1 Å². The van der Waals surface area contributed by atoms with Gasteiger partial charge in [0, 0.05) is 22.1 Å². The lowest BCUT2D eigenvalue weighted by atomic mass is 10.1. The largest absolute Gasteiger partial charge is 0.145 e. The Labute approximate surface area is 78.6 Å². The molecule has 0 fully saturated rings. The molecule has 0 spiro atoms. The van der Waals surface area contributed by atoms with Gasteiger partial charge in [0.15, 0.2) is 0 Å². The molecule has 1 unspecified atom stereocenters. The minimum atomic E-state index is 0.528. The maximum absolute atomic E-state index is 5.26. The Kier molecular flexibility index (Phi) is 3.37. The van der Waals surface area contributed by atoms with Gasteiger partial charge < -0.3 is 0 Å². The first-order valence-electron chi connectivity index (χ1n) is 4.30. The number of terminal acetylenes is 1. The number of rotatable bonds is 3. The van der Waals surface area contributed by atoms with E-state index in [1.807, 2.05) is 11.3 Å². The van der Waals surface area contributed by atoms with Crippen molar-refractivity contribution in [2.75, 3.05) is 0 Å². The van der Waals surface area contributed by atoms with E-state index in [1.54, 1.807) is 0 Å². The zero-order chi connectivity index (χ0) is 8.97. The summed E-state index contributed by atoms with van der Waals surface area (Å²) in [6, 6.07) is 4.40. The van der Waals surface area contributed by atoms with Crippen LogP contribution in [-0.2, 0) is 6.42 Å². The Balaban J connectivity index is 2.69. The van der Waals surface area contributed by atoms with E-state index in [2.05, 4.69) is 31.9 Å². The second-order valence-electron chi connectivity index (χ2n) is 2.97. The van der Waals surface area contributed by atoms with Crippen LogP contribution in [0.4, 0.5) is 0 Å². The molecule has 0 amide bonds. The third kappa shape index (κ3) is 2.12. The first-order valence-corrected chi connectivity index (χ1v) is 5.11. The predicted octanol–water partition coefficient (Wildman–Crippen LogP) is 3.44. The summed E-state index contributed by atoms with van der Waals surface area (Å²) in [4.78, 5) is 2.87. The second kappa shape index (κ2) is 4.33. The number of aryl methyl sites for hydroxylation is 1. The molecule has 0 radical (unpaired) electrons. The number of hydrogen-bond acceptors (Lipinski definition) is 1. The summed E-state index contributed by atoms with van der Waals surface area (Å²) in [5, 5.41) is 0. The topological polar surface area (TPSA) is 0 Å². The highest BCUT2D eigenvalue weighted by atomic mass is 32.1. The quantitative estimate of drug-likeness (QED) is 0.622. The summed E-state index contributed by atoms with van der Waals surface area (Å²) in [5.41, 5.74) is 0. The van der Waals surface area contributed by atoms with Crippen molar-refractivity contribution < 1.29 is 0 Å². The Morgan fingerprint density at radius 2 is 2.33 bits per heavy atom. The van der Waals surface area contributed by atoms with E-state index in [0.717, 1.165) is 12.8 Å². The van der Waals surface area contributed by atoms with E-state index in [0.29, 0.717) is 5.92 Å². The van der Waals surface area contributed by atoms with Crippen molar-refractivity contribution in [1.29, 1.82) is 0 Å². The average molecular weight is 178 g/mol. The van der Waals surface area contributed by atoms with Crippen molar-refractivity contribution in [2.45, 2.75) is 32.6 Å². The molecule has 0 saturated carbocycles. The van der Waals surface area contributed by atoms with E-state index in [9.17, 15) is 0 Å². The van der Waals surface area contributed by atoms with Gasteiger partial charge in [-0.2, -0.15) is 0 Å². The van der Waals surface area contributed by atoms with Gasteiger partial charge in [-0.3, -0.25) is 0 Å². The highest BCUT2D eigenvalue weighted by molar-refractivity contribution is 7.12. The normalized spacial score (nSPS) is 12.4. The third-order valence-electron chi connectivity index (χ3n) is 1.94. The Morgan fingerprint density at radius 1 is 1.58 bits per heavy atom. The van der Waals surface area contributed by atoms with Crippen LogP contribution in [0, 0.1) is 12.3 Å². The monoisotopic (exact) mass is 178 g/mol. The molecule has 0 aliphatic heterocycles. The zero-order valence-corrected chi connectivity index (χ0v) is 8.45. The molecule has 0 bridgehead atoms. The maximum Gasteiger partial charge on any atom is 0.0160 e. The van der Waals surface area contributed by atoms with Crippen LogP contribution < -0.4 is 0 Å². The first kappa shape index (κ1) is 9.35. The third-order valence-corrected chi connectivity index (χ3v) is 3.40. The molecule has 12 heavy (non-hydrogen) atoms. The van der Waals surface area contributed by atoms with Crippen molar-refractivity contribution >= 4 is 11.3 Å². The lowest BCUT2D eigenvalue weighted by Crippen LogP contribution is -1.86. The predicted molar refractivity (Wildman–Crippen MR) is 55.6 cm³/mol. The van der Waals surface area contributed by atoms with E-state index >= 15 is 0 Å². The first-order chi connectivity index (χ1) is 5.77. The van der Waals surface area contributed by atoms with Crippen LogP contribution >= 0.6 is 11.3 Å². The average Bonchev–Trinajstić information content (AvgIpc) is 2.52. The van der Waals surface area contributed by atoms with Gasteiger partial charge >= 0.3 is 0 Å². The van der Waals surface area contributed by atoms with Crippen LogP contribution in [0.2, 0.25) is 0 Å². The zero-order valence-electron chi connectivity index (χ0n) is 7.63. The van der Waals surface area contributed by atoms with Crippen molar-refractivity contribution in [3.8, 4) is 12.3 Å². The Hall–Kier alpha value is -0.740. The molecule has 0 saturated heterocycles. The van der Waals surface area contributed by atoms with Gasteiger partial charge in [0.1, 0.15) is 0 Å². The van der Waals surface area contributed by atoms with E-state index < -0.39 is 0 Å². The van der Waals surface area contributed by atoms with Gasteiger partial charge in [-0.05, 0) is 18.6 Å². The summed E-state index contributed by atoms with van der Waals surface area (Å²) < 4.78 is 0. The number of hydrogen-bond donors (Lipinski definition) is 0. The minimum Gasteiger partial charge on any atom is -0.145 e. The van der Waals surface area contributed by atoms with Crippen molar-refractivity contribution in [1.82, 2.24) is 0 Å². The molecule has 0 nitrogen and oxygen atoms in total. The summed E-state index contributed by atoms with van der Waals surface area (Å²) in [6.07, 6.45) is 7.24. The van der Waals surface area contributed by atoms with Crippen LogP contribution in [0.5, 0.6) is 0 Å². The van der Waals surface area contributed by atoms with Gasteiger partial charge in [0.2, 0.25) is 0 Å². The molecule has 1 aromatic rings. The van der Waals surface area contributed by atoms with Gasteiger partial charge in [-0.25, -0.2) is 0 Å². The van der Waals surface area contributed by atoms with E-state index in [-0.39, 0.29) is 0 Å². The molecule has 0 N–H and O–H groups in total. The van der Waals surface area contributed by atoms with Crippen LogP contribution in [0.3, 0.4) is 0 Å². The highest BCUT2D eigenvalue weighted by Crippen LogP contribution is 2.26. The molecular formula is C11H14S.